The molecule has 0 aromatic rings. The number of amides is 1. The normalized spacial score (nSPS) is 17.1. The molecule has 1 atom stereocenters. The monoisotopic (exact) mass is 229 g/mol. The van der Waals surface area contributed by atoms with Gasteiger partial charge in [0.25, 0.3) is 0 Å². The Morgan fingerprint density at radius 3 is 2.94 bits per heavy atom. The maximum absolute atomic E-state index is 11.2. The van der Waals surface area contributed by atoms with Crippen LogP contribution in [0.4, 0.5) is 0 Å². The van der Waals surface area contributed by atoms with E-state index in [1.54, 1.807) is 6.92 Å². The van der Waals surface area contributed by atoms with Gasteiger partial charge in [0, 0.05) is 26.2 Å². The third-order valence-corrected chi connectivity index (χ3v) is 2.63. The van der Waals surface area contributed by atoms with Crippen LogP contribution in [0.1, 0.15) is 39.0 Å². The second kappa shape index (κ2) is 7.63. The predicted octanol–water partition coefficient (Wildman–Crippen LogP) is 1.08. The molecular formula is C12H23NO3. The molecule has 0 aliphatic heterocycles. The lowest BCUT2D eigenvalue weighted by Gasteiger charge is -2.06. The van der Waals surface area contributed by atoms with Crippen LogP contribution in [0.5, 0.6) is 0 Å². The average molecular weight is 229 g/mol. The maximum atomic E-state index is 11.2. The third kappa shape index (κ3) is 7.65. The Morgan fingerprint density at radius 2 is 2.31 bits per heavy atom. The number of carbonyl (C=O) groups is 1. The van der Waals surface area contributed by atoms with Crippen molar-refractivity contribution in [3.63, 3.8) is 0 Å². The fourth-order valence-electron chi connectivity index (χ4n) is 1.36. The molecule has 0 radical (unpaired) electrons. The molecule has 1 aliphatic rings. The van der Waals surface area contributed by atoms with Gasteiger partial charge < -0.3 is 15.2 Å². The smallest absolute Gasteiger partial charge is 0.220 e. The van der Waals surface area contributed by atoms with Crippen molar-refractivity contribution in [3.8, 4) is 0 Å². The number of nitrogens with one attached hydrogen (secondary N) is 1. The van der Waals surface area contributed by atoms with Crippen molar-refractivity contribution in [1.82, 2.24) is 5.32 Å². The third-order valence-electron chi connectivity index (χ3n) is 2.63. The predicted molar refractivity (Wildman–Crippen MR) is 62.1 cm³/mol. The van der Waals surface area contributed by atoms with Crippen molar-refractivity contribution in [1.29, 1.82) is 0 Å². The van der Waals surface area contributed by atoms with Crippen LogP contribution < -0.4 is 5.32 Å². The zero-order chi connectivity index (χ0) is 11.8. The van der Waals surface area contributed by atoms with E-state index in [1.807, 2.05) is 0 Å². The molecule has 1 rings (SSSR count). The summed E-state index contributed by atoms with van der Waals surface area (Å²) in [6, 6.07) is 0. The van der Waals surface area contributed by atoms with Gasteiger partial charge in [0.15, 0.2) is 0 Å². The first-order valence-corrected chi connectivity index (χ1v) is 6.21. The summed E-state index contributed by atoms with van der Waals surface area (Å²) in [6.07, 6.45) is 4.04. The van der Waals surface area contributed by atoms with Crippen LogP contribution in [0.3, 0.4) is 0 Å². The second-order valence-electron chi connectivity index (χ2n) is 4.61. The average Bonchev–Trinajstić information content (AvgIpc) is 3.04. The summed E-state index contributed by atoms with van der Waals surface area (Å²) in [5, 5.41) is 11.8. The number of hydrogen-bond donors (Lipinski definition) is 2. The largest absolute Gasteiger partial charge is 0.393 e. The van der Waals surface area contributed by atoms with Gasteiger partial charge in [0.1, 0.15) is 0 Å². The molecule has 1 unspecified atom stereocenters. The van der Waals surface area contributed by atoms with Gasteiger partial charge >= 0.3 is 0 Å². The van der Waals surface area contributed by atoms with Crippen LogP contribution in [-0.4, -0.2) is 36.9 Å². The molecule has 1 fully saturated rings. The van der Waals surface area contributed by atoms with E-state index >= 15 is 0 Å². The highest BCUT2D eigenvalue weighted by Crippen LogP contribution is 2.28. The van der Waals surface area contributed by atoms with Crippen molar-refractivity contribution >= 4 is 5.91 Å². The van der Waals surface area contributed by atoms with Gasteiger partial charge in [-0.1, -0.05) is 0 Å². The summed E-state index contributed by atoms with van der Waals surface area (Å²) in [6.45, 7) is 3.98. The van der Waals surface area contributed by atoms with Gasteiger partial charge in [0.2, 0.25) is 5.91 Å². The van der Waals surface area contributed by atoms with E-state index in [2.05, 4.69) is 5.32 Å². The summed E-state index contributed by atoms with van der Waals surface area (Å²) in [5.74, 6) is 0.823. The zero-order valence-electron chi connectivity index (χ0n) is 10.1. The van der Waals surface area contributed by atoms with Crippen LogP contribution in [0.15, 0.2) is 0 Å². The minimum atomic E-state index is -0.396. The zero-order valence-corrected chi connectivity index (χ0v) is 10.1. The Kier molecular flexibility index (Phi) is 6.42. The van der Waals surface area contributed by atoms with Gasteiger partial charge in [-0.15, -0.1) is 0 Å². The fraction of sp³-hybridized carbons (Fsp3) is 0.917. The lowest BCUT2D eigenvalue weighted by molar-refractivity contribution is -0.121. The van der Waals surface area contributed by atoms with Crippen LogP contribution >= 0.6 is 0 Å². The molecule has 0 bridgehead atoms. The Morgan fingerprint density at radius 1 is 1.56 bits per heavy atom. The topological polar surface area (TPSA) is 58.6 Å². The van der Waals surface area contributed by atoms with Crippen molar-refractivity contribution < 1.29 is 14.6 Å². The fourth-order valence-corrected chi connectivity index (χ4v) is 1.36. The van der Waals surface area contributed by atoms with E-state index in [1.165, 1.54) is 12.8 Å². The first-order valence-electron chi connectivity index (χ1n) is 6.21. The number of ether oxygens (including phenoxy) is 1. The van der Waals surface area contributed by atoms with Crippen LogP contribution in [0.25, 0.3) is 0 Å². The Hall–Kier alpha value is -0.610. The lowest BCUT2D eigenvalue weighted by Crippen LogP contribution is -2.25. The molecule has 4 nitrogen and oxygen atoms in total. The van der Waals surface area contributed by atoms with E-state index in [0.717, 1.165) is 25.6 Å². The molecule has 1 saturated carbocycles. The van der Waals surface area contributed by atoms with Crippen LogP contribution in [0, 0.1) is 5.92 Å². The molecule has 1 amide bonds. The molecule has 2 N–H and O–H groups in total. The molecule has 0 aromatic heterocycles. The molecule has 94 valence electrons. The summed E-state index contributed by atoms with van der Waals surface area (Å²) in [5.41, 5.74) is 0. The van der Waals surface area contributed by atoms with Crippen molar-refractivity contribution in [2.75, 3.05) is 19.8 Å². The SMILES string of the molecule is CC(O)CCC(=O)NCCCOCC1CC1. The van der Waals surface area contributed by atoms with Gasteiger partial charge in [-0.3, -0.25) is 4.79 Å². The van der Waals surface area contributed by atoms with E-state index in [-0.39, 0.29) is 5.91 Å². The molecular weight excluding hydrogens is 206 g/mol. The summed E-state index contributed by atoms with van der Waals surface area (Å²) >= 11 is 0. The van der Waals surface area contributed by atoms with E-state index in [9.17, 15) is 4.79 Å². The molecule has 0 saturated heterocycles. The Balaban J connectivity index is 1.80. The summed E-state index contributed by atoms with van der Waals surface area (Å²) in [4.78, 5) is 11.2. The van der Waals surface area contributed by atoms with Gasteiger partial charge in [-0.05, 0) is 38.5 Å². The van der Waals surface area contributed by atoms with E-state index < -0.39 is 6.10 Å². The number of aliphatic hydroxyl groups is 1. The maximum Gasteiger partial charge on any atom is 0.220 e. The first kappa shape index (κ1) is 13.5. The summed E-state index contributed by atoms with van der Waals surface area (Å²) < 4.78 is 5.45. The molecule has 0 heterocycles. The van der Waals surface area contributed by atoms with Crippen molar-refractivity contribution in [2.24, 2.45) is 5.92 Å². The highest BCUT2D eigenvalue weighted by Gasteiger charge is 2.20. The van der Waals surface area contributed by atoms with E-state index in [0.29, 0.717) is 19.4 Å². The minimum absolute atomic E-state index is 0.0168. The molecule has 0 aromatic carbocycles. The standard InChI is InChI=1S/C12H23NO3/c1-10(14)3-6-12(15)13-7-2-8-16-9-11-4-5-11/h10-11,14H,2-9H2,1H3,(H,13,15). The number of aliphatic hydroxyl groups excluding tert-OH is 1. The summed E-state index contributed by atoms with van der Waals surface area (Å²) in [7, 11) is 0. The molecule has 4 heteroatoms. The van der Waals surface area contributed by atoms with Crippen LogP contribution in [0.2, 0.25) is 0 Å². The molecule has 16 heavy (non-hydrogen) atoms. The highest BCUT2D eigenvalue weighted by molar-refractivity contribution is 5.75. The lowest BCUT2D eigenvalue weighted by atomic mass is 10.2. The van der Waals surface area contributed by atoms with E-state index in [4.69, 9.17) is 9.84 Å². The van der Waals surface area contributed by atoms with Crippen molar-refractivity contribution in [2.45, 2.75) is 45.1 Å². The minimum Gasteiger partial charge on any atom is -0.393 e. The van der Waals surface area contributed by atoms with Gasteiger partial charge in [-0.2, -0.15) is 0 Å². The number of carbonyl (C=O) groups excluding carboxylic acids is 1. The Bertz CT molecular complexity index is 202. The second-order valence-corrected chi connectivity index (χ2v) is 4.61. The van der Waals surface area contributed by atoms with Crippen molar-refractivity contribution in [3.05, 3.63) is 0 Å². The van der Waals surface area contributed by atoms with Gasteiger partial charge in [-0.25, -0.2) is 0 Å². The first-order chi connectivity index (χ1) is 7.68. The highest BCUT2D eigenvalue weighted by atomic mass is 16.5. The number of hydrogen-bond acceptors (Lipinski definition) is 3. The molecule has 1 aliphatic carbocycles. The quantitative estimate of drug-likeness (QED) is 0.582. The Labute approximate surface area is 97.4 Å². The van der Waals surface area contributed by atoms with Gasteiger partial charge in [0.05, 0.1) is 6.10 Å². The number of rotatable bonds is 9. The molecule has 0 spiro atoms. The van der Waals surface area contributed by atoms with Crippen LogP contribution in [-0.2, 0) is 9.53 Å².